The van der Waals surface area contributed by atoms with Gasteiger partial charge in [-0.3, -0.25) is 0 Å². The van der Waals surface area contributed by atoms with Crippen LogP contribution in [0.4, 0.5) is 0 Å². The predicted octanol–water partition coefficient (Wildman–Crippen LogP) is 6.38. The summed E-state index contributed by atoms with van der Waals surface area (Å²) in [7, 11) is 0. The van der Waals surface area contributed by atoms with Crippen molar-refractivity contribution in [3.63, 3.8) is 0 Å². The third-order valence-electron chi connectivity index (χ3n) is 4.84. The summed E-state index contributed by atoms with van der Waals surface area (Å²) < 4.78 is 0. The van der Waals surface area contributed by atoms with Crippen molar-refractivity contribution < 1.29 is 10.2 Å². The topological polar surface area (TPSA) is 40.5 Å². The van der Waals surface area contributed by atoms with Crippen molar-refractivity contribution in [1.29, 1.82) is 0 Å². The van der Waals surface area contributed by atoms with Crippen LogP contribution in [0.15, 0.2) is 0 Å². The van der Waals surface area contributed by atoms with E-state index in [4.69, 9.17) is 5.11 Å². The molecule has 0 amide bonds. The zero-order valence-corrected chi connectivity index (χ0v) is 15.9. The molecule has 0 saturated carbocycles. The average Bonchev–Trinajstić information content (AvgIpc) is 2.56. The van der Waals surface area contributed by atoms with Crippen molar-refractivity contribution in [2.24, 2.45) is 0 Å². The molecule has 0 aromatic rings. The van der Waals surface area contributed by atoms with E-state index in [1.54, 1.807) is 0 Å². The van der Waals surface area contributed by atoms with E-state index < -0.39 is 0 Å². The second-order valence-electron chi connectivity index (χ2n) is 7.26. The van der Waals surface area contributed by atoms with Crippen LogP contribution in [-0.4, -0.2) is 22.9 Å². The Morgan fingerprint density at radius 2 is 0.870 bits per heavy atom. The van der Waals surface area contributed by atoms with Crippen molar-refractivity contribution in [3.05, 3.63) is 0 Å². The lowest BCUT2D eigenvalue weighted by atomic mass is 10.0. The van der Waals surface area contributed by atoms with Crippen molar-refractivity contribution in [2.45, 2.75) is 129 Å². The van der Waals surface area contributed by atoms with Crippen LogP contribution < -0.4 is 0 Å². The number of unbranched alkanes of at least 4 members (excludes halogenated alkanes) is 14. The van der Waals surface area contributed by atoms with Crippen molar-refractivity contribution in [1.82, 2.24) is 0 Å². The van der Waals surface area contributed by atoms with Gasteiger partial charge in [-0.05, 0) is 19.3 Å². The van der Waals surface area contributed by atoms with Crippen LogP contribution in [0.25, 0.3) is 0 Å². The fraction of sp³-hybridized carbons (Fsp3) is 1.00. The second-order valence-corrected chi connectivity index (χ2v) is 7.26. The minimum Gasteiger partial charge on any atom is -0.396 e. The highest BCUT2D eigenvalue weighted by atomic mass is 16.3. The van der Waals surface area contributed by atoms with Gasteiger partial charge in [0.25, 0.3) is 0 Å². The predicted molar refractivity (Wildman–Crippen MR) is 102 cm³/mol. The van der Waals surface area contributed by atoms with Gasteiger partial charge in [0.05, 0.1) is 6.10 Å². The highest BCUT2D eigenvalue weighted by molar-refractivity contribution is 4.57. The summed E-state index contributed by atoms with van der Waals surface area (Å²) in [5.41, 5.74) is 0. The highest BCUT2D eigenvalue weighted by Gasteiger charge is 2.03. The van der Waals surface area contributed by atoms with Gasteiger partial charge < -0.3 is 10.2 Å². The number of hydrogen-bond donors (Lipinski definition) is 2. The van der Waals surface area contributed by atoms with Crippen LogP contribution in [0.2, 0.25) is 0 Å². The molecule has 140 valence electrons. The van der Waals surface area contributed by atoms with Crippen molar-refractivity contribution in [2.75, 3.05) is 6.61 Å². The summed E-state index contributed by atoms with van der Waals surface area (Å²) >= 11 is 0. The fourth-order valence-electron chi connectivity index (χ4n) is 3.21. The summed E-state index contributed by atoms with van der Waals surface area (Å²) in [6.45, 7) is 2.59. The molecule has 0 radical (unpaired) electrons. The molecule has 0 aliphatic heterocycles. The summed E-state index contributed by atoms with van der Waals surface area (Å²) in [5, 5.41) is 18.7. The Labute approximate surface area is 146 Å². The Kier molecular flexibility index (Phi) is 19.9. The highest BCUT2D eigenvalue weighted by Crippen LogP contribution is 2.15. The molecule has 2 N–H and O–H groups in total. The molecule has 0 spiro atoms. The maximum absolute atomic E-state index is 9.96. The Balaban J connectivity index is 3.10. The summed E-state index contributed by atoms with van der Waals surface area (Å²) in [6, 6.07) is 0. The number of rotatable bonds is 19. The Morgan fingerprint density at radius 1 is 0.522 bits per heavy atom. The molecule has 0 bridgehead atoms. The molecule has 1 atom stereocenters. The van der Waals surface area contributed by atoms with Crippen LogP contribution in [0.3, 0.4) is 0 Å². The number of hydrogen-bond acceptors (Lipinski definition) is 2. The second kappa shape index (κ2) is 20.0. The van der Waals surface area contributed by atoms with Crippen molar-refractivity contribution in [3.8, 4) is 0 Å². The first-order valence-electron chi connectivity index (χ1n) is 10.6. The van der Waals surface area contributed by atoms with Gasteiger partial charge in [-0.1, -0.05) is 103 Å². The standard InChI is InChI=1S/C21H44O2/c1-2-3-4-5-6-7-8-9-10-12-15-18-21(23)19-16-13-11-14-17-20-22/h21-23H,2-20H2,1H3. The first kappa shape index (κ1) is 22.9. The van der Waals surface area contributed by atoms with E-state index in [2.05, 4.69) is 6.92 Å². The van der Waals surface area contributed by atoms with E-state index in [-0.39, 0.29) is 6.10 Å². The van der Waals surface area contributed by atoms with E-state index in [0.717, 1.165) is 32.1 Å². The third-order valence-corrected chi connectivity index (χ3v) is 4.84. The lowest BCUT2D eigenvalue weighted by Gasteiger charge is -2.10. The summed E-state index contributed by atoms with van der Waals surface area (Å²) in [6.07, 6.45) is 22.6. The number of aliphatic hydroxyl groups is 2. The molecule has 2 heteroatoms. The van der Waals surface area contributed by atoms with Gasteiger partial charge in [0.15, 0.2) is 0 Å². The summed E-state index contributed by atoms with van der Waals surface area (Å²) in [5.74, 6) is 0. The van der Waals surface area contributed by atoms with Gasteiger partial charge in [0.1, 0.15) is 0 Å². The van der Waals surface area contributed by atoms with E-state index in [1.807, 2.05) is 0 Å². The van der Waals surface area contributed by atoms with E-state index >= 15 is 0 Å². The quantitative estimate of drug-likeness (QED) is 0.270. The van der Waals surface area contributed by atoms with Crippen molar-refractivity contribution >= 4 is 0 Å². The van der Waals surface area contributed by atoms with E-state index in [0.29, 0.717) is 6.61 Å². The molecule has 0 aromatic carbocycles. The van der Waals surface area contributed by atoms with E-state index in [9.17, 15) is 5.11 Å². The van der Waals surface area contributed by atoms with Gasteiger partial charge in [-0.25, -0.2) is 0 Å². The van der Waals surface area contributed by atoms with Gasteiger partial charge in [0.2, 0.25) is 0 Å². The van der Waals surface area contributed by atoms with Gasteiger partial charge in [-0.15, -0.1) is 0 Å². The molecule has 0 aromatic heterocycles. The molecule has 0 aliphatic carbocycles. The molecule has 0 aliphatic rings. The lowest BCUT2D eigenvalue weighted by Crippen LogP contribution is -2.05. The normalized spacial score (nSPS) is 12.7. The molecule has 0 rings (SSSR count). The van der Waals surface area contributed by atoms with Crippen LogP contribution in [0.5, 0.6) is 0 Å². The molecule has 23 heavy (non-hydrogen) atoms. The largest absolute Gasteiger partial charge is 0.396 e. The molecular formula is C21H44O2. The third kappa shape index (κ3) is 19.9. The smallest absolute Gasteiger partial charge is 0.0540 e. The minimum atomic E-state index is -0.0774. The zero-order valence-electron chi connectivity index (χ0n) is 15.9. The van der Waals surface area contributed by atoms with E-state index in [1.165, 1.54) is 83.5 Å². The minimum absolute atomic E-state index is 0.0774. The Morgan fingerprint density at radius 3 is 1.26 bits per heavy atom. The van der Waals surface area contributed by atoms with Crippen LogP contribution in [0, 0.1) is 0 Å². The lowest BCUT2D eigenvalue weighted by molar-refractivity contribution is 0.147. The van der Waals surface area contributed by atoms with Gasteiger partial charge >= 0.3 is 0 Å². The first-order valence-corrected chi connectivity index (χ1v) is 10.6. The zero-order chi connectivity index (χ0) is 17.0. The molecule has 1 unspecified atom stereocenters. The van der Waals surface area contributed by atoms with Crippen LogP contribution in [0.1, 0.15) is 122 Å². The average molecular weight is 329 g/mol. The fourth-order valence-corrected chi connectivity index (χ4v) is 3.21. The maximum atomic E-state index is 9.96. The summed E-state index contributed by atoms with van der Waals surface area (Å²) in [4.78, 5) is 0. The molecule has 2 nitrogen and oxygen atoms in total. The molecular weight excluding hydrogens is 284 g/mol. The maximum Gasteiger partial charge on any atom is 0.0540 e. The van der Waals surface area contributed by atoms with Crippen LogP contribution in [-0.2, 0) is 0 Å². The Bertz CT molecular complexity index is 206. The van der Waals surface area contributed by atoms with Crippen LogP contribution >= 0.6 is 0 Å². The monoisotopic (exact) mass is 328 g/mol. The van der Waals surface area contributed by atoms with Gasteiger partial charge in [0, 0.05) is 6.61 Å². The Hall–Kier alpha value is -0.0800. The molecule has 0 heterocycles. The number of aliphatic hydroxyl groups excluding tert-OH is 2. The van der Waals surface area contributed by atoms with Gasteiger partial charge in [-0.2, -0.15) is 0 Å². The molecule has 0 fully saturated rings. The first-order chi connectivity index (χ1) is 11.3. The SMILES string of the molecule is CCCCCCCCCCCCCC(O)CCCCCCCO. The molecule has 0 saturated heterocycles.